The average molecular weight is 1000 g/mol. The van der Waals surface area contributed by atoms with E-state index in [0.717, 1.165) is 48.3 Å². The molecule has 2 saturated carbocycles. The first-order valence-corrected chi connectivity index (χ1v) is 24.0. The molecule has 0 spiro atoms. The maximum atomic E-state index is 12.7. The number of hydrogen-bond donors (Lipinski definition) is 3. The highest BCUT2D eigenvalue weighted by atomic mass is 35.5. The fourth-order valence-corrected chi connectivity index (χ4v) is 9.80. The molecule has 17 heteroatoms. The Morgan fingerprint density at radius 2 is 1.01 bits per heavy atom. The number of piperidine rings is 2. The van der Waals surface area contributed by atoms with Crippen molar-refractivity contribution in [2.45, 2.75) is 88.4 Å². The molecule has 8 rings (SSSR count). The lowest BCUT2D eigenvalue weighted by molar-refractivity contribution is 0.0581. The first-order chi connectivity index (χ1) is 32.5. The Labute approximate surface area is 418 Å². The first-order valence-electron chi connectivity index (χ1n) is 23.2. The second-order valence-electron chi connectivity index (χ2n) is 17.7. The van der Waals surface area contributed by atoms with Crippen LogP contribution in [-0.2, 0) is 12.8 Å². The smallest absolute Gasteiger partial charge is 0.319 e. The van der Waals surface area contributed by atoms with E-state index in [1.54, 1.807) is 33.5 Å². The van der Waals surface area contributed by atoms with E-state index in [-0.39, 0.29) is 30.2 Å². The van der Waals surface area contributed by atoms with E-state index >= 15 is 0 Å². The van der Waals surface area contributed by atoms with Gasteiger partial charge in [-0.3, -0.25) is 9.80 Å². The molecule has 2 aliphatic heterocycles. The van der Waals surface area contributed by atoms with E-state index in [1.807, 2.05) is 24.3 Å². The third-order valence-corrected chi connectivity index (χ3v) is 14.1. The van der Waals surface area contributed by atoms with E-state index in [4.69, 9.17) is 57.4 Å². The van der Waals surface area contributed by atoms with Crippen molar-refractivity contribution in [1.29, 1.82) is 0 Å². The van der Waals surface area contributed by atoms with Gasteiger partial charge in [-0.2, -0.15) is 0 Å². The normalized spacial score (nSPS) is 20.5. The molecule has 4 aromatic rings. The van der Waals surface area contributed by atoms with Crippen molar-refractivity contribution in [2.75, 3.05) is 74.2 Å². The number of nitrogens with one attached hydrogen (secondary N) is 2. The molecule has 14 nitrogen and oxygen atoms in total. The average Bonchev–Trinajstić information content (AvgIpc) is 3.34. The number of carbonyl (C=O) groups excluding carboxylic acids is 1. The van der Waals surface area contributed by atoms with Crippen LogP contribution in [0, 0.1) is 16.7 Å². The maximum absolute atomic E-state index is 12.7. The van der Waals surface area contributed by atoms with Crippen LogP contribution in [0.25, 0.3) is 0 Å². The molecule has 372 valence electrons. The Morgan fingerprint density at radius 3 is 1.35 bits per heavy atom. The van der Waals surface area contributed by atoms with E-state index in [9.17, 15) is 9.70 Å². The summed E-state index contributed by atoms with van der Waals surface area (Å²) in [6.07, 6.45) is 11.9. The van der Waals surface area contributed by atoms with Crippen molar-refractivity contribution in [3.05, 3.63) is 98.9 Å². The molecule has 0 radical (unpaired) electrons. The number of urea groups is 1. The number of amides is 2. The number of ether oxygens (including phenoxy) is 6. The van der Waals surface area contributed by atoms with Crippen LogP contribution in [0.3, 0.4) is 0 Å². The molecule has 0 aromatic heterocycles. The highest BCUT2D eigenvalue weighted by Gasteiger charge is 2.38. The standard InChI is InChI=1S/C26H34ClN3O4.C16H23ClN2.C9H11NO4.ClH/c1-32-23-15-20(16-24(33-2)25(23)34-3)28-26(31)29-21-8-9-22(21)30-12-10-18(11-13-30)14-17-4-6-19(27)7-5-17;17-14-3-1-12(2-4-14)11-13-7-9-19(10-8-13)16-6-5-15(16)18;1-12-7-4-6(10-11)5-8(13-2)9(7)14-3;/h4-7,15-16,18,21-22H,8-14H2,1-3H3,(H2,28,29,31);1-4,13,15-16H,5-11,18H2;4-5H,1-3H3;1H/t21-,22-;15-,16-;;/m11../s1. The lowest BCUT2D eigenvalue weighted by atomic mass is 9.82. The summed E-state index contributed by atoms with van der Waals surface area (Å²) in [4.78, 5) is 28.2. The van der Waals surface area contributed by atoms with Crippen molar-refractivity contribution >= 4 is 53.0 Å². The van der Waals surface area contributed by atoms with Crippen LogP contribution in [0.2, 0.25) is 10.0 Å². The molecular formula is C51H69Cl3N6O8. The Balaban J connectivity index is 0.000000213. The molecule has 4 aromatic carbocycles. The SMILES string of the molecule is COc1cc(N=O)cc(OC)c1OC.COc1cc(NC(=O)N[C@@H]2CC[C@H]2N2CCC(Cc3ccc(Cl)cc3)CC2)cc(OC)c1OC.Cl.N[C@@H]1CC[C@H]1N1CCC(Cc2ccc(Cl)cc2)CC1. The van der Waals surface area contributed by atoms with Gasteiger partial charge in [0.2, 0.25) is 11.5 Å². The third kappa shape index (κ3) is 14.7. The Morgan fingerprint density at radius 1 is 0.603 bits per heavy atom. The molecule has 0 bridgehead atoms. The Hall–Kier alpha value is -4.70. The van der Waals surface area contributed by atoms with Gasteiger partial charge in [-0.1, -0.05) is 47.5 Å². The molecule has 0 unspecified atom stereocenters. The summed E-state index contributed by atoms with van der Waals surface area (Å²) in [5.74, 6) is 4.31. The zero-order chi connectivity index (χ0) is 47.9. The third-order valence-electron chi connectivity index (χ3n) is 13.6. The van der Waals surface area contributed by atoms with Crippen LogP contribution in [0.5, 0.6) is 34.5 Å². The predicted octanol–water partition coefficient (Wildman–Crippen LogP) is 10.6. The number of hydrogen-bond acceptors (Lipinski definition) is 12. The number of benzene rings is 4. The topological polar surface area (TPSA) is 158 Å². The number of anilines is 1. The molecule has 4 aliphatic rings. The van der Waals surface area contributed by atoms with Gasteiger partial charge in [-0.05, 0) is 143 Å². The van der Waals surface area contributed by atoms with Gasteiger partial charge < -0.3 is 44.8 Å². The fourth-order valence-electron chi connectivity index (χ4n) is 9.54. The number of carbonyl (C=O) groups is 1. The number of halogens is 3. The molecule has 4 atom stereocenters. The number of nitrogens with zero attached hydrogens (tertiary/aromatic N) is 3. The van der Waals surface area contributed by atoms with E-state index in [0.29, 0.717) is 64.2 Å². The van der Waals surface area contributed by atoms with Crippen LogP contribution >= 0.6 is 35.6 Å². The van der Waals surface area contributed by atoms with Crippen molar-refractivity contribution in [3.63, 3.8) is 0 Å². The molecule has 2 aliphatic carbocycles. The van der Waals surface area contributed by atoms with Gasteiger partial charge in [0, 0.05) is 58.5 Å². The maximum Gasteiger partial charge on any atom is 0.319 e. The van der Waals surface area contributed by atoms with Gasteiger partial charge in [0.05, 0.1) is 48.3 Å². The summed E-state index contributed by atoms with van der Waals surface area (Å²) in [7, 11) is 9.11. The summed E-state index contributed by atoms with van der Waals surface area (Å²) in [6, 6.07) is 24.4. The Kier molecular flexibility index (Phi) is 21.5. The lowest BCUT2D eigenvalue weighted by Crippen LogP contribution is -2.60. The number of rotatable bonds is 15. The number of nitrogens with two attached hydrogens (primary N) is 1. The van der Waals surface area contributed by atoms with Crippen molar-refractivity contribution in [1.82, 2.24) is 15.1 Å². The summed E-state index contributed by atoms with van der Waals surface area (Å²) >= 11 is 11.9. The second kappa shape index (κ2) is 26.9. The molecular weight excluding hydrogens is 931 g/mol. The van der Waals surface area contributed by atoms with E-state index < -0.39 is 0 Å². The minimum atomic E-state index is -0.221. The monoisotopic (exact) mass is 998 g/mol. The van der Waals surface area contributed by atoms with Crippen LogP contribution in [0.1, 0.15) is 62.5 Å². The van der Waals surface area contributed by atoms with Gasteiger partial charge in [-0.25, -0.2) is 4.79 Å². The van der Waals surface area contributed by atoms with Crippen molar-refractivity contribution in [3.8, 4) is 34.5 Å². The van der Waals surface area contributed by atoms with Crippen LogP contribution in [0.15, 0.2) is 78.0 Å². The first kappa shape index (κ1) is 54.2. The number of nitroso groups, excluding NO2 is 1. The highest BCUT2D eigenvalue weighted by molar-refractivity contribution is 6.30. The molecule has 2 amide bonds. The summed E-state index contributed by atoms with van der Waals surface area (Å²) in [5, 5.41) is 10.5. The largest absolute Gasteiger partial charge is 0.493 e. The second-order valence-corrected chi connectivity index (χ2v) is 18.5. The van der Waals surface area contributed by atoms with E-state index in [2.05, 4.69) is 49.9 Å². The van der Waals surface area contributed by atoms with Crippen LogP contribution in [0.4, 0.5) is 16.2 Å². The molecule has 68 heavy (non-hydrogen) atoms. The fraction of sp³-hybridized carbons (Fsp3) is 0.510. The van der Waals surface area contributed by atoms with E-state index in [1.165, 1.54) is 103 Å². The van der Waals surface area contributed by atoms with Gasteiger partial charge in [0.25, 0.3) is 0 Å². The summed E-state index contributed by atoms with van der Waals surface area (Å²) < 4.78 is 31.2. The lowest BCUT2D eigenvalue weighted by Gasteiger charge is -2.47. The molecule has 2 heterocycles. The Bertz CT molecular complexity index is 2140. The molecule has 2 saturated heterocycles. The van der Waals surface area contributed by atoms with Gasteiger partial charge in [-0.15, -0.1) is 17.3 Å². The summed E-state index contributed by atoms with van der Waals surface area (Å²) in [5.41, 5.74) is 9.67. The number of methoxy groups -OCH3 is 6. The van der Waals surface area contributed by atoms with Crippen LogP contribution in [-0.4, -0.2) is 109 Å². The number of likely N-dealkylation sites (tertiary alicyclic amines) is 2. The quantitative estimate of drug-likeness (QED) is 0.0974. The molecule has 4 N–H and O–H groups in total. The van der Waals surface area contributed by atoms with Gasteiger partial charge in [0.15, 0.2) is 23.0 Å². The highest BCUT2D eigenvalue weighted by Crippen LogP contribution is 2.42. The minimum absolute atomic E-state index is 0. The molecule has 4 fully saturated rings. The zero-order valence-corrected chi connectivity index (χ0v) is 42.5. The minimum Gasteiger partial charge on any atom is -0.493 e. The van der Waals surface area contributed by atoms with Gasteiger partial charge >= 0.3 is 6.03 Å². The van der Waals surface area contributed by atoms with Crippen molar-refractivity contribution < 1.29 is 33.2 Å². The van der Waals surface area contributed by atoms with Crippen LogP contribution < -0.4 is 44.8 Å². The summed E-state index contributed by atoms with van der Waals surface area (Å²) in [6.45, 7) is 4.62. The van der Waals surface area contributed by atoms with Crippen molar-refractivity contribution in [2.24, 2.45) is 22.7 Å². The zero-order valence-electron chi connectivity index (χ0n) is 40.1. The predicted molar refractivity (Wildman–Crippen MR) is 274 cm³/mol. The van der Waals surface area contributed by atoms with Gasteiger partial charge in [0.1, 0.15) is 5.69 Å².